The predicted octanol–water partition coefficient (Wildman–Crippen LogP) is 4.51. The molecule has 33 heavy (non-hydrogen) atoms. The van der Waals surface area contributed by atoms with Crippen molar-refractivity contribution in [2.75, 3.05) is 37.8 Å². The lowest BCUT2D eigenvalue weighted by atomic mass is 10.1. The number of nitrogens with one attached hydrogen (secondary N) is 2. The van der Waals surface area contributed by atoms with E-state index in [1.54, 1.807) is 0 Å². The van der Waals surface area contributed by atoms with E-state index in [-0.39, 0.29) is 17.9 Å². The number of halogens is 5. The Labute approximate surface area is 186 Å². The Bertz CT molecular complexity index is 1090. The average molecular weight is 468 g/mol. The lowest BCUT2D eigenvalue weighted by molar-refractivity contribution is 0.322. The number of benzene rings is 2. The molecule has 0 spiro atoms. The summed E-state index contributed by atoms with van der Waals surface area (Å²) in [5.41, 5.74) is 0.891. The van der Waals surface area contributed by atoms with Crippen LogP contribution in [0.1, 0.15) is 18.5 Å². The molecule has 0 aliphatic rings. The van der Waals surface area contributed by atoms with Gasteiger partial charge in [-0.3, -0.25) is 0 Å². The zero-order chi connectivity index (χ0) is 24.1. The monoisotopic (exact) mass is 468 g/mol. The number of rotatable bonds is 9. The first kappa shape index (κ1) is 24.1. The van der Waals surface area contributed by atoms with Gasteiger partial charge in [-0.05, 0) is 26.6 Å². The summed E-state index contributed by atoms with van der Waals surface area (Å²) in [6.07, 6.45) is 0. The van der Waals surface area contributed by atoms with E-state index in [9.17, 15) is 22.0 Å². The van der Waals surface area contributed by atoms with Crippen LogP contribution >= 0.6 is 0 Å². The van der Waals surface area contributed by atoms with E-state index >= 15 is 0 Å². The fourth-order valence-corrected chi connectivity index (χ4v) is 2.72. The van der Waals surface area contributed by atoms with Crippen LogP contribution < -0.4 is 15.4 Å². The number of hydrogen-bond donors (Lipinski definition) is 2. The molecule has 2 aromatic carbocycles. The third-order valence-electron chi connectivity index (χ3n) is 4.47. The summed E-state index contributed by atoms with van der Waals surface area (Å²) in [5, 5.41) is 5.89. The highest BCUT2D eigenvalue weighted by Crippen LogP contribution is 2.32. The minimum Gasteiger partial charge on any atom is -0.418 e. The van der Waals surface area contributed by atoms with Gasteiger partial charge in [0.15, 0.2) is 0 Å². The minimum atomic E-state index is -2.29. The van der Waals surface area contributed by atoms with Crippen LogP contribution in [-0.2, 0) is 0 Å². The number of nitrogens with zero attached hydrogens (tertiary/aromatic N) is 4. The highest BCUT2D eigenvalue weighted by molar-refractivity contribution is 5.40. The second kappa shape index (κ2) is 10.4. The summed E-state index contributed by atoms with van der Waals surface area (Å²) in [4.78, 5) is 13.9. The molecule has 0 unspecified atom stereocenters. The maximum absolute atomic E-state index is 14.1. The van der Waals surface area contributed by atoms with Crippen molar-refractivity contribution in [3.8, 4) is 11.8 Å². The molecule has 0 saturated carbocycles. The van der Waals surface area contributed by atoms with Crippen molar-refractivity contribution in [3.05, 3.63) is 65.0 Å². The van der Waals surface area contributed by atoms with Crippen molar-refractivity contribution < 1.29 is 26.7 Å². The van der Waals surface area contributed by atoms with Gasteiger partial charge in [-0.15, -0.1) is 0 Å². The Morgan fingerprint density at radius 2 is 1.42 bits per heavy atom. The molecule has 0 bridgehead atoms. The van der Waals surface area contributed by atoms with Crippen molar-refractivity contribution in [2.45, 2.75) is 13.0 Å². The van der Waals surface area contributed by atoms with Crippen molar-refractivity contribution in [2.24, 2.45) is 0 Å². The second-order valence-electron chi connectivity index (χ2n) is 7.27. The SMILES string of the molecule is C[C@@H](Nc1nc(NCCN(C)C)nc(Oc2c(F)c(F)c(F)c(F)c2F)n1)c1ccccc1. The number of ether oxygens (including phenoxy) is 1. The van der Waals surface area contributed by atoms with Crippen LogP contribution in [0.2, 0.25) is 0 Å². The standard InChI is InChI=1S/C21H21F5N6O/c1-11(12-7-5-4-6-8-12)28-20-29-19(27-9-10-32(2)3)30-21(31-20)33-18-16(25)14(23)13(22)15(24)17(18)26/h4-8,11H,9-10H2,1-3H3,(H2,27,28,29,30,31)/t11-/m1/s1. The van der Waals surface area contributed by atoms with Gasteiger partial charge in [0.2, 0.25) is 46.7 Å². The van der Waals surface area contributed by atoms with Gasteiger partial charge in [-0.1, -0.05) is 30.3 Å². The van der Waals surface area contributed by atoms with Gasteiger partial charge in [-0.2, -0.15) is 23.7 Å². The van der Waals surface area contributed by atoms with Crippen LogP contribution in [0.4, 0.5) is 33.8 Å². The van der Waals surface area contributed by atoms with Crippen molar-refractivity contribution in [3.63, 3.8) is 0 Å². The molecule has 3 rings (SSSR count). The summed E-state index contributed by atoms with van der Waals surface area (Å²) < 4.78 is 73.4. The highest BCUT2D eigenvalue weighted by atomic mass is 19.2. The smallest absolute Gasteiger partial charge is 0.328 e. The zero-order valence-corrected chi connectivity index (χ0v) is 18.0. The highest BCUT2D eigenvalue weighted by Gasteiger charge is 2.28. The van der Waals surface area contributed by atoms with Crippen LogP contribution in [0.3, 0.4) is 0 Å². The molecule has 0 amide bonds. The largest absolute Gasteiger partial charge is 0.418 e. The van der Waals surface area contributed by atoms with Crippen molar-refractivity contribution in [1.82, 2.24) is 19.9 Å². The van der Waals surface area contributed by atoms with E-state index in [1.165, 1.54) is 0 Å². The quantitative estimate of drug-likeness (QED) is 0.272. The summed E-state index contributed by atoms with van der Waals surface area (Å²) in [7, 11) is 3.70. The third-order valence-corrected chi connectivity index (χ3v) is 4.47. The van der Waals surface area contributed by atoms with Crippen LogP contribution in [-0.4, -0.2) is 47.0 Å². The fraction of sp³-hybridized carbons (Fsp3) is 0.286. The summed E-state index contributed by atoms with van der Waals surface area (Å²) in [6.45, 7) is 2.82. The van der Waals surface area contributed by atoms with Crippen molar-refractivity contribution in [1.29, 1.82) is 0 Å². The first-order valence-electron chi connectivity index (χ1n) is 9.82. The van der Waals surface area contributed by atoms with Gasteiger partial charge in [0.05, 0.1) is 6.04 Å². The molecule has 7 nitrogen and oxygen atoms in total. The maximum Gasteiger partial charge on any atom is 0.328 e. The number of likely N-dealkylation sites (N-methyl/N-ethyl adjacent to an activating group) is 1. The van der Waals surface area contributed by atoms with Gasteiger partial charge >= 0.3 is 6.01 Å². The predicted molar refractivity (Wildman–Crippen MR) is 112 cm³/mol. The number of anilines is 2. The molecule has 0 aliphatic carbocycles. The number of aromatic nitrogens is 3. The van der Waals surface area contributed by atoms with Crippen LogP contribution in [0, 0.1) is 29.1 Å². The molecule has 0 saturated heterocycles. The molecule has 1 atom stereocenters. The molecule has 176 valence electrons. The molecule has 1 heterocycles. The molecule has 0 fully saturated rings. The lowest BCUT2D eigenvalue weighted by Crippen LogP contribution is -2.22. The molecule has 2 N–H and O–H groups in total. The topological polar surface area (TPSA) is 75.2 Å². The molecule has 12 heteroatoms. The average Bonchev–Trinajstić information content (AvgIpc) is 2.79. The second-order valence-corrected chi connectivity index (χ2v) is 7.27. The van der Waals surface area contributed by atoms with E-state index < -0.39 is 40.8 Å². The van der Waals surface area contributed by atoms with Gasteiger partial charge in [-0.25, -0.2) is 13.2 Å². The number of hydrogen-bond acceptors (Lipinski definition) is 7. The van der Waals surface area contributed by atoms with Gasteiger partial charge in [0.1, 0.15) is 0 Å². The fourth-order valence-electron chi connectivity index (χ4n) is 2.72. The summed E-state index contributed by atoms with van der Waals surface area (Å²) in [6, 6.07) is 8.30. The van der Waals surface area contributed by atoms with Crippen LogP contribution in [0.15, 0.2) is 30.3 Å². The Balaban J connectivity index is 1.94. The Kier molecular flexibility index (Phi) is 7.59. The van der Waals surface area contributed by atoms with E-state index in [0.717, 1.165) is 5.56 Å². The normalized spacial score (nSPS) is 12.0. The zero-order valence-electron chi connectivity index (χ0n) is 18.0. The lowest BCUT2D eigenvalue weighted by Gasteiger charge is -2.16. The van der Waals surface area contributed by atoms with E-state index in [0.29, 0.717) is 13.1 Å². The maximum atomic E-state index is 14.1. The summed E-state index contributed by atoms with van der Waals surface area (Å²) in [5.74, 6) is -12.4. The molecule has 0 radical (unpaired) electrons. The Hall–Kier alpha value is -3.54. The van der Waals surface area contributed by atoms with Gasteiger partial charge in [0, 0.05) is 13.1 Å². The van der Waals surface area contributed by atoms with Crippen molar-refractivity contribution >= 4 is 11.9 Å². The molecule has 0 aliphatic heterocycles. The van der Waals surface area contributed by atoms with E-state index in [2.05, 4.69) is 25.6 Å². The molecule has 3 aromatic rings. The molecular weight excluding hydrogens is 447 g/mol. The molecule has 1 aromatic heterocycles. The molecular formula is C21H21F5N6O. The third kappa shape index (κ3) is 5.83. The Morgan fingerprint density at radius 1 is 0.848 bits per heavy atom. The van der Waals surface area contributed by atoms with E-state index in [1.807, 2.05) is 56.3 Å². The first-order chi connectivity index (χ1) is 15.7. The summed E-state index contributed by atoms with van der Waals surface area (Å²) >= 11 is 0. The Morgan fingerprint density at radius 3 is 2.03 bits per heavy atom. The minimum absolute atomic E-state index is 0.0199. The van der Waals surface area contributed by atoms with E-state index in [4.69, 9.17) is 4.74 Å². The van der Waals surface area contributed by atoms with Gasteiger partial charge < -0.3 is 20.3 Å². The van der Waals surface area contributed by atoms with Gasteiger partial charge in [0.25, 0.3) is 0 Å². The first-order valence-corrected chi connectivity index (χ1v) is 9.82. The van der Waals surface area contributed by atoms with Crippen LogP contribution in [0.25, 0.3) is 0 Å². The van der Waals surface area contributed by atoms with Crippen LogP contribution in [0.5, 0.6) is 11.8 Å².